The summed E-state index contributed by atoms with van der Waals surface area (Å²) in [5.74, 6) is -1.47. The maximum atomic E-state index is 13.4. The lowest BCUT2D eigenvalue weighted by molar-refractivity contribution is -0.120. The van der Waals surface area contributed by atoms with Gasteiger partial charge in [-0.1, -0.05) is 35.9 Å². The van der Waals surface area contributed by atoms with Crippen molar-refractivity contribution in [2.24, 2.45) is 4.99 Å². The molecule has 2 aromatic rings. The molecule has 0 aliphatic carbocycles. The molecule has 0 aromatic heterocycles. The van der Waals surface area contributed by atoms with Gasteiger partial charge in [-0.15, -0.1) is 0 Å². The van der Waals surface area contributed by atoms with Crippen LogP contribution in [0.5, 0.6) is 0 Å². The molecule has 2 aromatic carbocycles. The Balaban J connectivity index is 1.79. The van der Waals surface area contributed by atoms with E-state index in [0.29, 0.717) is 34.7 Å². The summed E-state index contributed by atoms with van der Waals surface area (Å²) in [6.45, 7) is 0. The van der Waals surface area contributed by atoms with Crippen molar-refractivity contribution < 1.29 is 14.3 Å². The van der Waals surface area contributed by atoms with Gasteiger partial charge < -0.3 is 4.74 Å². The zero-order chi connectivity index (χ0) is 17.2. The minimum atomic E-state index is -1.35. The third kappa shape index (κ3) is 1.79. The summed E-state index contributed by atoms with van der Waals surface area (Å²) in [7, 11) is 0. The molecule has 1 spiro atoms. The Labute approximate surface area is 148 Å². The maximum Gasteiger partial charge on any atom is 0.247 e. The summed E-state index contributed by atoms with van der Waals surface area (Å²) in [4.78, 5) is 32.0. The number of nitrogens with zero attached hydrogens (tertiary/aromatic N) is 2. The molecular formula is C19H13ClN2O3. The number of ketones is 1. The number of fused-ring (bicyclic) bond motifs is 3. The molecule has 0 saturated carbocycles. The summed E-state index contributed by atoms with van der Waals surface area (Å²) in [6, 6.07) is 14.1. The zero-order valence-electron chi connectivity index (χ0n) is 13.1. The Morgan fingerprint density at radius 2 is 1.84 bits per heavy atom. The number of halogens is 1. The second-order valence-corrected chi connectivity index (χ2v) is 6.86. The molecule has 3 aliphatic rings. The lowest BCUT2D eigenvalue weighted by Crippen LogP contribution is -2.47. The topological polar surface area (TPSA) is 59.0 Å². The highest BCUT2D eigenvalue weighted by Crippen LogP contribution is 2.51. The summed E-state index contributed by atoms with van der Waals surface area (Å²) in [6.07, 6.45) is 2.29. The van der Waals surface area contributed by atoms with E-state index in [4.69, 9.17) is 16.3 Å². The number of para-hydroxylation sites is 1. The van der Waals surface area contributed by atoms with Crippen LogP contribution in [-0.2, 0) is 15.1 Å². The molecule has 25 heavy (non-hydrogen) atoms. The fourth-order valence-electron chi connectivity index (χ4n) is 3.86. The summed E-state index contributed by atoms with van der Waals surface area (Å²) in [5, 5.41) is 0.573. The van der Waals surface area contributed by atoms with E-state index >= 15 is 0 Å². The lowest BCUT2D eigenvalue weighted by Gasteiger charge is -2.32. The Morgan fingerprint density at radius 3 is 2.64 bits per heavy atom. The highest BCUT2D eigenvalue weighted by atomic mass is 35.5. The monoisotopic (exact) mass is 352 g/mol. The molecule has 1 saturated heterocycles. The molecule has 3 heterocycles. The van der Waals surface area contributed by atoms with Gasteiger partial charge in [-0.25, -0.2) is 4.99 Å². The fraction of sp³-hybridized carbons (Fsp3) is 0.211. The van der Waals surface area contributed by atoms with Crippen molar-refractivity contribution in [3.05, 3.63) is 64.7 Å². The minimum absolute atomic E-state index is 0.0915. The van der Waals surface area contributed by atoms with Crippen LogP contribution in [0.3, 0.4) is 0 Å². The van der Waals surface area contributed by atoms with Crippen molar-refractivity contribution >= 4 is 35.2 Å². The van der Waals surface area contributed by atoms with Gasteiger partial charge in [-0.2, -0.15) is 0 Å². The first-order valence-corrected chi connectivity index (χ1v) is 8.43. The van der Waals surface area contributed by atoms with Crippen molar-refractivity contribution in [3.8, 4) is 0 Å². The summed E-state index contributed by atoms with van der Waals surface area (Å²) < 4.78 is 6.30. The highest BCUT2D eigenvalue weighted by Gasteiger charge is 2.62. The van der Waals surface area contributed by atoms with Gasteiger partial charge in [-0.05, 0) is 29.8 Å². The van der Waals surface area contributed by atoms with Crippen molar-refractivity contribution in [1.82, 2.24) is 0 Å². The molecule has 1 fully saturated rings. The minimum Gasteiger partial charge on any atom is -0.310 e. The summed E-state index contributed by atoms with van der Waals surface area (Å²) in [5.41, 5.74) is 0.321. The van der Waals surface area contributed by atoms with E-state index in [9.17, 15) is 9.59 Å². The molecule has 0 N–H and O–H groups in total. The van der Waals surface area contributed by atoms with Gasteiger partial charge in [0.1, 0.15) is 0 Å². The van der Waals surface area contributed by atoms with Gasteiger partial charge in [0.2, 0.25) is 17.5 Å². The van der Waals surface area contributed by atoms with Gasteiger partial charge in [0, 0.05) is 29.6 Å². The first kappa shape index (κ1) is 14.8. The van der Waals surface area contributed by atoms with Crippen molar-refractivity contribution in [1.29, 1.82) is 0 Å². The Hall–Kier alpha value is -2.50. The SMILES string of the molecule is O=C1CCC23N=CC(c4ccc(Cl)cc4)(O2)C(=O)c2ccccc2N13. The van der Waals surface area contributed by atoms with Crippen LogP contribution in [0.15, 0.2) is 53.5 Å². The van der Waals surface area contributed by atoms with E-state index in [-0.39, 0.29) is 11.7 Å². The molecule has 2 bridgehead atoms. The molecule has 3 aliphatic heterocycles. The molecule has 1 amide bonds. The van der Waals surface area contributed by atoms with E-state index in [1.165, 1.54) is 4.90 Å². The van der Waals surface area contributed by atoms with Crippen molar-refractivity contribution in [3.63, 3.8) is 0 Å². The highest BCUT2D eigenvalue weighted by molar-refractivity contribution is 6.30. The van der Waals surface area contributed by atoms with Gasteiger partial charge in [0.25, 0.3) is 0 Å². The number of benzene rings is 2. The Kier molecular flexibility index (Phi) is 2.83. The van der Waals surface area contributed by atoms with E-state index < -0.39 is 11.4 Å². The number of Topliss-reactive ketones (excluding diaryl/α,β-unsaturated/α-hetero) is 1. The second-order valence-electron chi connectivity index (χ2n) is 6.42. The third-order valence-electron chi connectivity index (χ3n) is 5.04. The van der Waals surface area contributed by atoms with Gasteiger partial charge in [-0.3, -0.25) is 14.5 Å². The molecule has 0 radical (unpaired) electrons. The number of hydrogen-bond donors (Lipinski definition) is 0. The molecular weight excluding hydrogens is 340 g/mol. The van der Waals surface area contributed by atoms with Crippen LogP contribution >= 0.6 is 11.6 Å². The van der Waals surface area contributed by atoms with Crippen LogP contribution in [0.1, 0.15) is 28.8 Å². The zero-order valence-corrected chi connectivity index (χ0v) is 13.9. The van der Waals surface area contributed by atoms with Crippen LogP contribution in [0.2, 0.25) is 5.02 Å². The predicted octanol–water partition coefficient (Wildman–Crippen LogP) is 3.31. The first-order valence-electron chi connectivity index (χ1n) is 8.05. The number of amides is 1. The van der Waals surface area contributed by atoms with Crippen LogP contribution < -0.4 is 4.90 Å². The fourth-order valence-corrected chi connectivity index (χ4v) is 3.99. The number of carbonyl (C=O) groups excluding carboxylic acids is 2. The smallest absolute Gasteiger partial charge is 0.247 e. The van der Waals surface area contributed by atoms with Crippen molar-refractivity contribution in [2.75, 3.05) is 4.90 Å². The van der Waals surface area contributed by atoms with Crippen LogP contribution in [-0.4, -0.2) is 23.8 Å². The molecule has 2 atom stereocenters. The van der Waals surface area contributed by atoms with Crippen LogP contribution in [0, 0.1) is 0 Å². The standard InChI is InChI=1S/C19H13ClN2O3/c20-13-7-5-12(6-8-13)18-11-21-19(25-18)10-9-16(23)22(19)15-4-2-1-3-14(15)17(18)24/h1-8,11H,9-10H2. The van der Waals surface area contributed by atoms with Crippen LogP contribution in [0.25, 0.3) is 0 Å². The first-order chi connectivity index (χ1) is 12.1. The number of anilines is 1. The Bertz CT molecular complexity index is 955. The molecule has 5 rings (SSSR count). The van der Waals surface area contributed by atoms with E-state index in [2.05, 4.69) is 4.99 Å². The number of rotatable bonds is 1. The van der Waals surface area contributed by atoms with Crippen LogP contribution in [0.4, 0.5) is 5.69 Å². The Morgan fingerprint density at radius 1 is 1.08 bits per heavy atom. The maximum absolute atomic E-state index is 13.4. The second kappa shape index (κ2) is 4.77. The molecule has 6 heteroatoms. The number of ether oxygens (including phenoxy) is 1. The third-order valence-corrected chi connectivity index (χ3v) is 5.29. The number of carbonyl (C=O) groups is 2. The molecule has 5 nitrogen and oxygen atoms in total. The molecule has 124 valence electrons. The average molecular weight is 353 g/mol. The lowest BCUT2D eigenvalue weighted by atomic mass is 9.86. The number of aliphatic imine (C=N–C) groups is 1. The van der Waals surface area contributed by atoms with Gasteiger partial charge in [0.15, 0.2) is 5.60 Å². The molecule has 2 unspecified atom stereocenters. The summed E-state index contributed by atoms with van der Waals surface area (Å²) >= 11 is 5.99. The van der Waals surface area contributed by atoms with Gasteiger partial charge in [0.05, 0.1) is 5.69 Å². The largest absolute Gasteiger partial charge is 0.310 e. The van der Waals surface area contributed by atoms with E-state index in [0.717, 1.165) is 0 Å². The normalized spacial score (nSPS) is 29.6. The number of hydrogen-bond acceptors (Lipinski definition) is 4. The van der Waals surface area contributed by atoms with Gasteiger partial charge >= 0.3 is 0 Å². The van der Waals surface area contributed by atoms with E-state index in [1.807, 2.05) is 6.07 Å². The average Bonchev–Trinajstić information content (AvgIpc) is 3.14. The quantitative estimate of drug-likeness (QED) is 0.791. The van der Waals surface area contributed by atoms with Crippen molar-refractivity contribution in [2.45, 2.75) is 24.3 Å². The van der Waals surface area contributed by atoms with E-state index in [1.54, 1.807) is 48.7 Å². The predicted molar refractivity (Wildman–Crippen MR) is 92.9 cm³/mol.